The number of likely N-dealkylation sites (N-methyl/N-ethyl adjacent to an activating group) is 1. The molecule has 0 saturated heterocycles. The molecule has 1 amide bonds. The van der Waals surface area contributed by atoms with Gasteiger partial charge in [-0.1, -0.05) is 36.4 Å². The summed E-state index contributed by atoms with van der Waals surface area (Å²) in [5.41, 5.74) is 4.13. The molecule has 1 saturated carbocycles. The second kappa shape index (κ2) is 5.73. The van der Waals surface area contributed by atoms with E-state index in [4.69, 9.17) is 4.99 Å². The van der Waals surface area contributed by atoms with Crippen molar-refractivity contribution in [3.8, 4) is 11.1 Å². The molecule has 4 heteroatoms. The van der Waals surface area contributed by atoms with Gasteiger partial charge in [0, 0.05) is 31.9 Å². The van der Waals surface area contributed by atoms with Crippen molar-refractivity contribution in [2.75, 3.05) is 25.5 Å². The Morgan fingerprint density at radius 3 is 2.32 bits per heavy atom. The van der Waals surface area contributed by atoms with Crippen LogP contribution in [-0.2, 0) is 4.79 Å². The molecule has 25 heavy (non-hydrogen) atoms. The summed E-state index contributed by atoms with van der Waals surface area (Å²) in [6, 6.07) is 16.9. The van der Waals surface area contributed by atoms with Crippen LogP contribution in [-0.4, -0.2) is 42.8 Å². The minimum atomic E-state index is -0.427. The molecule has 1 fully saturated rings. The predicted octanol–water partition coefficient (Wildman–Crippen LogP) is 3.56. The lowest BCUT2D eigenvalue weighted by molar-refractivity contribution is -0.128. The van der Waals surface area contributed by atoms with Crippen LogP contribution in [0.5, 0.6) is 0 Å². The van der Waals surface area contributed by atoms with E-state index in [1.54, 1.807) is 0 Å². The first kappa shape index (κ1) is 15.9. The fourth-order valence-corrected chi connectivity index (χ4v) is 3.39. The Bertz CT molecular complexity index is 848. The molecule has 1 aliphatic carbocycles. The largest absolute Gasteiger partial charge is 0.378 e. The lowest BCUT2D eigenvalue weighted by Gasteiger charge is -2.17. The average molecular weight is 333 g/mol. The molecule has 1 heterocycles. The minimum absolute atomic E-state index is 0.174. The molecule has 1 spiro atoms. The van der Waals surface area contributed by atoms with Crippen molar-refractivity contribution in [3.63, 3.8) is 0 Å². The molecule has 0 atom stereocenters. The van der Waals surface area contributed by atoms with Crippen LogP contribution in [0.4, 0.5) is 5.69 Å². The SMILES string of the molecule is CCN1C(=O)C2(CC2)N=C1c1ccc(-c2cccc(N(C)C)c2)cc1. The Hall–Kier alpha value is -2.62. The summed E-state index contributed by atoms with van der Waals surface area (Å²) in [6.07, 6.45) is 1.78. The summed E-state index contributed by atoms with van der Waals surface area (Å²) in [5.74, 6) is 1.01. The third-order valence-electron chi connectivity index (χ3n) is 5.10. The van der Waals surface area contributed by atoms with Crippen molar-refractivity contribution in [2.24, 2.45) is 4.99 Å². The van der Waals surface area contributed by atoms with Crippen LogP contribution >= 0.6 is 0 Å². The summed E-state index contributed by atoms with van der Waals surface area (Å²) < 4.78 is 0. The van der Waals surface area contributed by atoms with Crippen LogP contribution in [0.3, 0.4) is 0 Å². The summed E-state index contributed by atoms with van der Waals surface area (Å²) >= 11 is 0. The van der Waals surface area contributed by atoms with E-state index in [1.165, 1.54) is 16.8 Å². The number of carbonyl (C=O) groups excluding carboxylic acids is 1. The van der Waals surface area contributed by atoms with Crippen LogP contribution in [0, 0.1) is 0 Å². The highest BCUT2D eigenvalue weighted by atomic mass is 16.2. The quantitative estimate of drug-likeness (QED) is 0.858. The number of anilines is 1. The van der Waals surface area contributed by atoms with Crippen molar-refractivity contribution in [1.29, 1.82) is 0 Å². The maximum absolute atomic E-state index is 12.5. The molecule has 0 N–H and O–H groups in total. The fraction of sp³-hybridized carbons (Fsp3) is 0.333. The van der Waals surface area contributed by atoms with Gasteiger partial charge in [-0.25, -0.2) is 0 Å². The normalized spacial score (nSPS) is 17.8. The van der Waals surface area contributed by atoms with E-state index in [9.17, 15) is 4.79 Å². The number of carbonyl (C=O) groups is 1. The van der Waals surface area contributed by atoms with Crippen molar-refractivity contribution < 1.29 is 4.79 Å². The zero-order valence-corrected chi connectivity index (χ0v) is 15.0. The van der Waals surface area contributed by atoms with E-state index >= 15 is 0 Å². The molecule has 2 aromatic rings. The van der Waals surface area contributed by atoms with E-state index in [0.717, 1.165) is 24.2 Å². The molecule has 4 nitrogen and oxygen atoms in total. The lowest BCUT2D eigenvalue weighted by atomic mass is 10.0. The monoisotopic (exact) mass is 333 g/mol. The zero-order chi connectivity index (χ0) is 17.6. The van der Waals surface area contributed by atoms with Gasteiger partial charge < -0.3 is 4.90 Å². The van der Waals surface area contributed by atoms with Crippen molar-refractivity contribution in [2.45, 2.75) is 25.3 Å². The summed E-state index contributed by atoms with van der Waals surface area (Å²) in [6.45, 7) is 2.68. The highest BCUT2D eigenvalue weighted by Crippen LogP contribution is 2.45. The van der Waals surface area contributed by atoms with Gasteiger partial charge in [0.05, 0.1) is 0 Å². The van der Waals surface area contributed by atoms with Gasteiger partial charge in [-0.3, -0.25) is 14.7 Å². The van der Waals surface area contributed by atoms with Crippen LogP contribution in [0.25, 0.3) is 11.1 Å². The molecule has 2 aliphatic rings. The molecular formula is C21H23N3O. The number of rotatable bonds is 4. The first-order valence-corrected chi connectivity index (χ1v) is 8.84. The zero-order valence-electron chi connectivity index (χ0n) is 15.0. The number of aliphatic imine (C=N–C) groups is 1. The van der Waals surface area contributed by atoms with Gasteiger partial charge in [0.25, 0.3) is 5.91 Å². The average Bonchev–Trinajstić information content (AvgIpc) is 3.36. The molecule has 2 aromatic carbocycles. The van der Waals surface area contributed by atoms with E-state index in [-0.39, 0.29) is 5.91 Å². The first-order valence-electron chi connectivity index (χ1n) is 8.84. The molecule has 0 aromatic heterocycles. The number of hydrogen-bond acceptors (Lipinski definition) is 3. The minimum Gasteiger partial charge on any atom is -0.378 e. The van der Waals surface area contributed by atoms with E-state index in [0.29, 0.717) is 6.54 Å². The lowest BCUT2D eigenvalue weighted by Crippen LogP contribution is -2.36. The molecular weight excluding hydrogens is 310 g/mol. The van der Waals surface area contributed by atoms with Gasteiger partial charge >= 0.3 is 0 Å². The standard InChI is InChI=1S/C21H23N3O/c1-4-24-19(22-21(12-13-21)20(24)25)16-10-8-15(9-11-16)17-6-5-7-18(14-17)23(2)3/h5-11,14H,4,12-13H2,1-3H3. The van der Waals surface area contributed by atoms with E-state index < -0.39 is 5.54 Å². The molecule has 1 aliphatic heterocycles. The number of amidine groups is 1. The first-order chi connectivity index (χ1) is 12.0. The highest BCUT2D eigenvalue weighted by Gasteiger charge is 2.56. The topological polar surface area (TPSA) is 35.9 Å². The molecule has 0 radical (unpaired) electrons. The Morgan fingerprint density at radius 1 is 1.04 bits per heavy atom. The van der Waals surface area contributed by atoms with Crippen molar-refractivity contribution >= 4 is 17.4 Å². The number of amides is 1. The number of nitrogens with zero attached hydrogens (tertiary/aromatic N) is 3. The Kier molecular flexibility index (Phi) is 3.64. The molecule has 128 valence electrons. The maximum atomic E-state index is 12.5. The third-order valence-corrected chi connectivity index (χ3v) is 5.10. The number of benzene rings is 2. The van der Waals surface area contributed by atoms with Gasteiger partial charge in [-0.05, 0) is 43.0 Å². The molecule has 0 unspecified atom stereocenters. The molecule has 4 rings (SSSR count). The highest BCUT2D eigenvalue weighted by molar-refractivity contribution is 6.16. The summed E-state index contributed by atoms with van der Waals surface area (Å²) in [4.78, 5) is 21.2. The predicted molar refractivity (Wildman–Crippen MR) is 102 cm³/mol. The van der Waals surface area contributed by atoms with Gasteiger partial charge in [-0.15, -0.1) is 0 Å². The summed E-state index contributed by atoms with van der Waals surface area (Å²) in [7, 11) is 4.09. The van der Waals surface area contributed by atoms with E-state index in [1.807, 2.05) is 25.9 Å². The maximum Gasteiger partial charge on any atom is 0.256 e. The van der Waals surface area contributed by atoms with Crippen molar-refractivity contribution in [3.05, 3.63) is 54.1 Å². The van der Waals surface area contributed by atoms with Gasteiger partial charge in [-0.2, -0.15) is 0 Å². The van der Waals surface area contributed by atoms with Gasteiger partial charge in [0.15, 0.2) is 0 Å². The van der Waals surface area contributed by atoms with Crippen LogP contribution in [0.2, 0.25) is 0 Å². The summed E-state index contributed by atoms with van der Waals surface area (Å²) in [5, 5.41) is 0. The van der Waals surface area contributed by atoms with E-state index in [2.05, 4.69) is 53.4 Å². The van der Waals surface area contributed by atoms with Gasteiger partial charge in [0.1, 0.15) is 11.4 Å². The van der Waals surface area contributed by atoms with Crippen LogP contribution in [0.1, 0.15) is 25.3 Å². The van der Waals surface area contributed by atoms with Crippen LogP contribution in [0.15, 0.2) is 53.5 Å². The van der Waals surface area contributed by atoms with Gasteiger partial charge in [0.2, 0.25) is 0 Å². The second-order valence-electron chi connectivity index (χ2n) is 7.04. The second-order valence-corrected chi connectivity index (χ2v) is 7.04. The Morgan fingerprint density at radius 2 is 1.72 bits per heavy atom. The smallest absolute Gasteiger partial charge is 0.256 e. The van der Waals surface area contributed by atoms with Crippen molar-refractivity contribution in [1.82, 2.24) is 4.90 Å². The molecule has 0 bridgehead atoms. The fourth-order valence-electron chi connectivity index (χ4n) is 3.39. The Labute approximate surface area is 148 Å². The number of hydrogen-bond donors (Lipinski definition) is 0. The Balaban J connectivity index is 1.65. The third kappa shape index (κ3) is 2.62. The van der Waals surface area contributed by atoms with Crippen LogP contribution < -0.4 is 4.90 Å².